The van der Waals surface area contributed by atoms with Crippen LogP contribution in [0.4, 0.5) is 10.2 Å². The number of rotatable bonds is 2. The van der Waals surface area contributed by atoms with Gasteiger partial charge in [-0.3, -0.25) is 0 Å². The van der Waals surface area contributed by atoms with Crippen molar-refractivity contribution >= 4 is 11.5 Å². The average molecular weight is 300 g/mol. The summed E-state index contributed by atoms with van der Waals surface area (Å²) in [7, 11) is 0. The van der Waals surface area contributed by atoms with Crippen LogP contribution < -0.4 is 4.90 Å². The summed E-state index contributed by atoms with van der Waals surface area (Å²) < 4.78 is 14.4. The molecule has 4 rings (SSSR count). The van der Waals surface area contributed by atoms with Crippen LogP contribution in [0, 0.1) is 5.82 Å². The van der Waals surface area contributed by atoms with Gasteiger partial charge in [0.05, 0.1) is 6.54 Å². The fourth-order valence-corrected chi connectivity index (χ4v) is 2.79. The van der Waals surface area contributed by atoms with E-state index < -0.39 is 5.60 Å². The molecule has 0 bridgehead atoms. The lowest BCUT2D eigenvalue weighted by molar-refractivity contribution is 0.0605. The van der Waals surface area contributed by atoms with E-state index in [0.29, 0.717) is 36.5 Å². The lowest BCUT2D eigenvalue weighted by atomic mass is 9.93. The summed E-state index contributed by atoms with van der Waals surface area (Å²) >= 11 is 0. The molecule has 7 nitrogen and oxygen atoms in total. The molecule has 1 saturated heterocycles. The van der Waals surface area contributed by atoms with Crippen LogP contribution in [0.25, 0.3) is 5.65 Å². The number of tetrazole rings is 1. The molecule has 1 unspecified atom stereocenters. The second-order valence-corrected chi connectivity index (χ2v) is 5.43. The summed E-state index contributed by atoms with van der Waals surface area (Å²) in [5.74, 6) is 0.380. The molecule has 0 aliphatic carbocycles. The van der Waals surface area contributed by atoms with E-state index in [1.807, 2.05) is 11.0 Å². The van der Waals surface area contributed by atoms with E-state index in [-0.39, 0.29) is 5.82 Å². The van der Waals surface area contributed by atoms with Gasteiger partial charge in [0.2, 0.25) is 0 Å². The largest absolute Gasteiger partial charge is 0.383 e. The van der Waals surface area contributed by atoms with Gasteiger partial charge in [0, 0.05) is 6.54 Å². The summed E-state index contributed by atoms with van der Waals surface area (Å²) in [6, 6.07) is 9.57. The molecule has 3 heterocycles. The number of β-amino-alcohol motifs (C(OH)–C–C–N with tert-alkyl or cyclic N) is 1. The second kappa shape index (κ2) is 4.70. The van der Waals surface area contributed by atoms with Crippen LogP contribution in [0.15, 0.2) is 36.4 Å². The first-order valence-electron chi connectivity index (χ1n) is 6.93. The first-order chi connectivity index (χ1) is 10.6. The Morgan fingerprint density at radius 2 is 1.95 bits per heavy atom. The highest BCUT2D eigenvalue weighted by atomic mass is 19.1. The number of halogens is 1. The Morgan fingerprint density at radius 1 is 1.14 bits per heavy atom. The molecule has 0 spiro atoms. The molecule has 0 amide bonds. The first-order valence-corrected chi connectivity index (χ1v) is 6.93. The summed E-state index contributed by atoms with van der Waals surface area (Å²) in [5.41, 5.74) is 0.266. The number of hydrogen-bond donors (Lipinski definition) is 1. The van der Waals surface area contributed by atoms with E-state index >= 15 is 0 Å². The van der Waals surface area contributed by atoms with Crippen molar-refractivity contribution in [1.29, 1.82) is 0 Å². The zero-order valence-corrected chi connectivity index (χ0v) is 11.6. The number of anilines is 1. The van der Waals surface area contributed by atoms with E-state index in [1.165, 1.54) is 16.8 Å². The fourth-order valence-electron chi connectivity index (χ4n) is 2.79. The molecule has 3 aromatic rings. The van der Waals surface area contributed by atoms with E-state index in [1.54, 1.807) is 18.2 Å². The molecule has 1 aromatic carbocycles. The molecule has 1 atom stereocenters. The maximum Gasteiger partial charge on any atom is 0.200 e. The molecule has 0 radical (unpaired) electrons. The first kappa shape index (κ1) is 13.1. The minimum Gasteiger partial charge on any atom is -0.383 e. The Morgan fingerprint density at radius 3 is 2.77 bits per heavy atom. The highest BCUT2D eigenvalue weighted by molar-refractivity contribution is 5.46. The van der Waals surface area contributed by atoms with Gasteiger partial charge >= 0.3 is 0 Å². The molecule has 1 fully saturated rings. The van der Waals surface area contributed by atoms with Crippen molar-refractivity contribution in [3.63, 3.8) is 0 Å². The molecule has 2 aromatic heterocycles. The number of benzene rings is 1. The standard InChI is InChI=1S/C14H13FN6O/c15-11-3-1-10(2-4-11)14(22)7-8-20(9-14)13-6-5-12-16-18-19-21(12)17-13/h1-6,22H,7-9H2. The molecular weight excluding hydrogens is 287 g/mol. The van der Waals surface area contributed by atoms with Gasteiger partial charge in [0.1, 0.15) is 11.4 Å². The molecule has 112 valence electrons. The SMILES string of the molecule is OC1(c2ccc(F)cc2)CCN(c2ccc3nnnn3n2)C1. The van der Waals surface area contributed by atoms with Crippen molar-refractivity contribution < 1.29 is 9.50 Å². The van der Waals surface area contributed by atoms with Crippen molar-refractivity contribution in [3.05, 3.63) is 47.8 Å². The smallest absolute Gasteiger partial charge is 0.200 e. The van der Waals surface area contributed by atoms with E-state index in [2.05, 4.69) is 20.6 Å². The highest BCUT2D eigenvalue weighted by Gasteiger charge is 2.38. The third kappa shape index (κ3) is 2.08. The van der Waals surface area contributed by atoms with Crippen LogP contribution in [-0.4, -0.2) is 43.5 Å². The third-order valence-electron chi connectivity index (χ3n) is 4.01. The molecule has 0 saturated carbocycles. The molecule has 1 N–H and O–H groups in total. The zero-order valence-electron chi connectivity index (χ0n) is 11.6. The van der Waals surface area contributed by atoms with Crippen LogP contribution >= 0.6 is 0 Å². The Balaban J connectivity index is 1.62. The topological polar surface area (TPSA) is 79.4 Å². The van der Waals surface area contributed by atoms with Gasteiger partial charge in [-0.15, -0.1) is 14.8 Å². The van der Waals surface area contributed by atoms with Gasteiger partial charge in [-0.2, -0.15) is 0 Å². The molecule has 8 heteroatoms. The van der Waals surface area contributed by atoms with Crippen molar-refractivity contribution in [2.45, 2.75) is 12.0 Å². The maximum absolute atomic E-state index is 13.0. The van der Waals surface area contributed by atoms with Crippen LogP contribution in [0.2, 0.25) is 0 Å². The molecular formula is C14H13FN6O. The monoisotopic (exact) mass is 300 g/mol. The number of hydrogen-bond acceptors (Lipinski definition) is 6. The molecule has 22 heavy (non-hydrogen) atoms. The molecule has 1 aliphatic rings. The van der Waals surface area contributed by atoms with E-state index in [4.69, 9.17) is 0 Å². The van der Waals surface area contributed by atoms with Crippen molar-refractivity contribution in [3.8, 4) is 0 Å². The minimum atomic E-state index is -1.01. The van der Waals surface area contributed by atoms with E-state index in [9.17, 15) is 9.50 Å². The van der Waals surface area contributed by atoms with Crippen LogP contribution in [-0.2, 0) is 5.60 Å². The summed E-state index contributed by atoms with van der Waals surface area (Å²) in [5, 5.41) is 26.3. The van der Waals surface area contributed by atoms with Gasteiger partial charge in [-0.25, -0.2) is 4.39 Å². The highest BCUT2D eigenvalue weighted by Crippen LogP contribution is 2.33. The summed E-state index contributed by atoms with van der Waals surface area (Å²) in [6.07, 6.45) is 0.550. The summed E-state index contributed by atoms with van der Waals surface area (Å²) in [6.45, 7) is 1.04. The Kier molecular flexibility index (Phi) is 2.80. The number of fused-ring (bicyclic) bond motifs is 1. The average Bonchev–Trinajstić information content (AvgIpc) is 3.14. The molecule has 1 aliphatic heterocycles. The third-order valence-corrected chi connectivity index (χ3v) is 4.01. The van der Waals surface area contributed by atoms with Crippen LogP contribution in [0.5, 0.6) is 0 Å². The Labute approximate surface area is 125 Å². The van der Waals surface area contributed by atoms with Crippen molar-refractivity contribution in [2.75, 3.05) is 18.0 Å². The normalized spacial score (nSPS) is 21.6. The second-order valence-electron chi connectivity index (χ2n) is 5.43. The zero-order chi connectivity index (χ0) is 15.2. The fraction of sp³-hybridized carbons (Fsp3) is 0.286. The van der Waals surface area contributed by atoms with E-state index in [0.717, 1.165) is 0 Å². The Bertz CT molecular complexity index is 820. The summed E-state index contributed by atoms with van der Waals surface area (Å²) in [4.78, 5) is 1.96. The van der Waals surface area contributed by atoms with Crippen molar-refractivity contribution in [2.24, 2.45) is 0 Å². The number of aliphatic hydroxyl groups is 1. The maximum atomic E-state index is 13.0. The number of nitrogens with zero attached hydrogens (tertiary/aromatic N) is 6. The van der Waals surface area contributed by atoms with Crippen molar-refractivity contribution in [1.82, 2.24) is 25.3 Å². The van der Waals surface area contributed by atoms with Gasteiger partial charge in [-0.05, 0) is 46.7 Å². The van der Waals surface area contributed by atoms with Crippen LogP contribution in [0.3, 0.4) is 0 Å². The quantitative estimate of drug-likeness (QED) is 0.752. The number of aromatic nitrogens is 5. The van der Waals surface area contributed by atoms with Crippen LogP contribution in [0.1, 0.15) is 12.0 Å². The predicted octanol–water partition coefficient (Wildman–Crippen LogP) is 0.756. The van der Waals surface area contributed by atoms with Gasteiger partial charge in [0.25, 0.3) is 0 Å². The lowest BCUT2D eigenvalue weighted by Crippen LogP contribution is -2.31. The lowest BCUT2D eigenvalue weighted by Gasteiger charge is -2.24. The van der Waals surface area contributed by atoms with Gasteiger partial charge in [-0.1, -0.05) is 12.1 Å². The van der Waals surface area contributed by atoms with Gasteiger partial charge in [0.15, 0.2) is 11.5 Å². The van der Waals surface area contributed by atoms with Gasteiger partial charge < -0.3 is 10.0 Å². The minimum absolute atomic E-state index is 0.312. The predicted molar refractivity (Wildman–Crippen MR) is 75.7 cm³/mol. The Hall–Kier alpha value is -2.61.